The number of benzene rings is 2. The van der Waals surface area contributed by atoms with Crippen molar-refractivity contribution < 1.29 is 4.74 Å². The van der Waals surface area contributed by atoms with Gasteiger partial charge in [0.1, 0.15) is 11.5 Å². The van der Waals surface area contributed by atoms with Crippen molar-refractivity contribution in [3.05, 3.63) is 54.6 Å². The fourth-order valence-electron chi connectivity index (χ4n) is 1.47. The van der Waals surface area contributed by atoms with E-state index in [-0.39, 0.29) is 0 Å². The Balaban J connectivity index is 2.14. The molecular weight excluding hydrogens is 230 g/mol. The summed E-state index contributed by atoms with van der Waals surface area (Å²) in [6.07, 6.45) is 0. The molecule has 0 saturated heterocycles. The predicted molar refractivity (Wildman–Crippen MR) is 74.9 cm³/mol. The van der Waals surface area contributed by atoms with Gasteiger partial charge in [0.15, 0.2) is 0 Å². The highest BCUT2D eigenvalue weighted by atomic mass is 32.1. The van der Waals surface area contributed by atoms with Crippen LogP contribution in [0.2, 0.25) is 0 Å². The lowest BCUT2D eigenvalue weighted by atomic mass is 10.3. The summed E-state index contributed by atoms with van der Waals surface area (Å²) in [6.45, 7) is 1.85. The van der Waals surface area contributed by atoms with E-state index < -0.39 is 0 Å². The van der Waals surface area contributed by atoms with Crippen LogP contribution in [0.25, 0.3) is 0 Å². The quantitative estimate of drug-likeness (QED) is 0.815. The summed E-state index contributed by atoms with van der Waals surface area (Å²) in [5, 5.41) is 3.08. The first kappa shape index (κ1) is 11.6. The number of anilines is 1. The zero-order valence-electron chi connectivity index (χ0n) is 9.51. The van der Waals surface area contributed by atoms with E-state index in [0.717, 1.165) is 22.2 Å². The molecule has 0 bridgehead atoms. The van der Waals surface area contributed by atoms with E-state index in [1.54, 1.807) is 0 Å². The molecule has 0 amide bonds. The number of hydrogen-bond acceptors (Lipinski definition) is 2. The van der Waals surface area contributed by atoms with Gasteiger partial charge < -0.3 is 10.1 Å². The first-order valence-corrected chi connectivity index (χ1v) is 5.75. The molecule has 2 aromatic rings. The van der Waals surface area contributed by atoms with Gasteiger partial charge in [0.25, 0.3) is 0 Å². The Morgan fingerprint density at radius 2 is 1.71 bits per heavy atom. The molecule has 0 spiro atoms. The lowest BCUT2D eigenvalue weighted by Crippen LogP contribution is -2.02. The van der Waals surface area contributed by atoms with Gasteiger partial charge in [0, 0.05) is 11.8 Å². The molecule has 0 unspecified atom stereocenters. The van der Waals surface area contributed by atoms with E-state index in [1.807, 2.05) is 61.5 Å². The van der Waals surface area contributed by atoms with Gasteiger partial charge in [-0.3, -0.25) is 0 Å². The minimum Gasteiger partial charge on any atom is -0.457 e. The predicted octanol–water partition coefficient (Wildman–Crippen LogP) is 4.24. The van der Waals surface area contributed by atoms with E-state index in [1.165, 1.54) is 0 Å². The molecule has 1 N–H and O–H groups in total. The summed E-state index contributed by atoms with van der Waals surface area (Å²) in [4.78, 5) is 0.738. The van der Waals surface area contributed by atoms with Gasteiger partial charge in [-0.05, 0) is 31.2 Å². The van der Waals surface area contributed by atoms with Crippen LogP contribution in [0.1, 0.15) is 6.92 Å². The molecule has 0 aliphatic carbocycles. The molecule has 17 heavy (non-hydrogen) atoms. The van der Waals surface area contributed by atoms with E-state index in [2.05, 4.69) is 5.32 Å². The van der Waals surface area contributed by atoms with Crippen molar-refractivity contribution in [1.82, 2.24) is 0 Å². The fourth-order valence-corrected chi connectivity index (χ4v) is 1.58. The average molecular weight is 243 g/mol. The molecule has 0 aliphatic heterocycles. The summed E-state index contributed by atoms with van der Waals surface area (Å²) < 4.78 is 5.72. The minimum absolute atomic E-state index is 0.738. The zero-order chi connectivity index (χ0) is 12.1. The van der Waals surface area contributed by atoms with Crippen molar-refractivity contribution in [3.8, 4) is 11.5 Å². The minimum atomic E-state index is 0.738. The van der Waals surface area contributed by atoms with Crippen molar-refractivity contribution in [2.45, 2.75) is 6.92 Å². The lowest BCUT2D eigenvalue weighted by Gasteiger charge is -2.08. The Hall–Kier alpha value is -1.87. The van der Waals surface area contributed by atoms with Gasteiger partial charge in [-0.25, -0.2) is 0 Å². The maximum Gasteiger partial charge on any atom is 0.129 e. The number of thiocarbonyl (C=S) groups is 1. The molecule has 0 heterocycles. The summed E-state index contributed by atoms with van der Waals surface area (Å²) >= 11 is 5.00. The Morgan fingerprint density at radius 3 is 2.41 bits per heavy atom. The normalized spacial score (nSPS) is 9.71. The van der Waals surface area contributed by atoms with E-state index in [4.69, 9.17) is 17.0 Å². The maximum absolute atomic E-state index is 5.72. The maximum atomic E-state index is 5.72. The van der Waals surface area contributed by atoms with Gasteiger partial charge in [-0.2, -0.15) is 0 Å². The lowest BCUT2D eigenvalue weighted by molar-refractivity contribution is 0.483. The molecular formula is C14H13NOS. The standard InChI is InChI=1S/C14H13NOS/c1-11(17)15-12-6-5-9-14(10-12)16-13-7-3-2-4-8-13/h2-10H,1H3,(H,15,17). The number of rotatable bonds is 3. The summed E-state index contributed by atoms with van der Waals surface area (Å²) in [5.74, 6) is 1.61. The molecule has 3 heteroatoms. The number of ether oxygens (including phenoxy) is 1. The second-order valence-corrected chi connectivity index (χ2v) is 4.24. The van der Waals surface area contributed by atoms with Crippen LogP contribution >= 0.6 is 12.2 Å². The Labute approximate surface area is 106 Å². The van der Waals surface area contributed by atoms with Crippen molar-refractivity contribution in [2.24, 2.45) is 0 Å². The Bertz CT molecular complexity index is 511. The van der Waals surface area contributed by atoms with E-state index in [9.17, 15) is 0 Å². The topological polar surface area (TPSA) is 21.3 Å². The largest absolute Gasteiger partial charge is 0.457 e. The molecule has 2 nitrogen and oxygen atoms in total. The molecule has 86 valence electrons. The van der Waals surface area contributed by atoms with Gasteiger partial charge in [-0.1, -0.05) is 36.5 Å². The number of hydrogen-bond donors (Lipinski definition) is 1. The Morgan fingerprint density at radius 1 is 1.00 bits per heavy atom. The summed E-state index contributed by atoms with van der Waals surface area (Å²) in [6, 6.07) is 17.4. The van der Waals surface area contributed by atoms with Crippen molar-refractivity contribution in [3.63, 3.8) is 0 Å². The molecule has 0 radical (unpaired) electrons. The van der Waals surface area contributed by atoms with Crippen molar-refractivity contribution >= 4 is 22.9 Å². The van der Waals surface area contributed by atoms with Gasteiger partial charge in [0.2, 0.25) is 0 Å². The van der Waals surface area contributed by atoms with Crippen LogP contribution in [-0.4, -0.2) is 4.99 Å². The van der Waals surface area contributed by atoms with Crippen molar-refractivity contribution in [1.29, 1.82) is 0 Å². The van der Waals surface area contributed by atoms with Crippen LogP contribution in [0.5, 0.6) is 11.5 Å². The monoisotopic (exact) mass is 243 g/mol. The fraction of sp³-hybridized carbons (Fsp3) is 0.0714. The van der Waals surface area contributed by atoms with E-state index in [0.29, 0.717) is 0 Å². The third kappa shape index (κ3) is 3.57. The highest BCUT2D eigenvalue weighted by molar-refractivity contribution is 7.80. The van der Waals surface area contributed by atoms with Crippen molar-refractivity contribution in [2.75, 3.05) is 5.32 Å². The first-order valence-electron chi connectivity index (χ1n) is 5.34. The van der Waals surface area contributed by atoms with Crippen LogP contribution in [-0.2, 0) is 0 Å². The zero-order valence-corrected chi connectivity index (χ0v) is 10.3. The molecule has 2 rings (SSSR count). The van der Waals surface area contributed by atoms with Crippen LogP contribution in [0, 0.1) is 0 Å². The van der Waals surface area contributed by atoms with Gasteiger partial charge in [-0.15, -0.1) is 0 Å². The second-order valence-electron chi connectivity index (χ2n) is 3.62. The van der Waals surface area contributed by atoms with Crippen LogP contribution in [0.3, 0.4) is 0 Å². The number of nitrogens with one attached hydrogen (secondary N) is 1. The van der Waals surface area contributed by atoms with Crippen LogP contribution < -0.4 is 10.1 Å². The highest BCUT2D eigenvalue weighted by Gasteiger charge is 1.98. The highest BCUT2D eigenvalue weighted by Crippen LogP contribution is 2.23. The average Bonchev–Trinajstić information content (AvgIpc) is 2.30. The third-order valence-electron chi connectivity index (χ3n) is 2.13. The van der Waals surface area contributed by atoms with Gasteiger partial charge >= 0.3 is 0 Å². The Kier molecular flexibility index (Phi) is 3.73. The molecule has 0 atom stereocenters. The number of para-hydroxylation sites is 1. The molecule has 0 aromatic heterocycles. The third-order valence-corrected chi connectivity index (χ3v) is 2.24. The SMILES string of the molecule is CC(=S)Nc1cccc(Oc2ccccc2)c1. The summed E-state index contributed by atoms with van der Waals surface area (Å²) in [7, 11) is 0. The molecule has 0 fully saturated rings. The smallest absolute Gasteiger partial charge is 0.129 e. The molecule has 0 aliphatic rings. The molecule has 2 aromatic carbocycles. The second kappa shape index (κ2) is 5.46. The van der Waals surface area contributed by atoms with Gasteiger partial charge in [0.05, 0.1) is 4.99 Å². The first-order chi connectivity index (χ1) is 8.24. The summed E-state index contributed by atoms with van der Waals surface area (Å²) in [5.41, 5.74) is 0.936. The van der Waals surface area contributed by atoms with Crippen LogP contribution in [0.4, 0.5) is 5.69 Å². The van der Waals surface area contributed by atoms with E-state index >= 15 is 0 Å². The molecule has 0 saturated carbocycles. The van der Waals surface area contributed by atoms with Crippen LogP contribution in [0.15, 0.2) is 54.6 Å².